The van der Waals surface area contributed by atoms with Gasteiger partial charge in [-0.2, -0.15) is 0 Å². The fourth-order valence-corrected chi connectivity index (χ4v) is 1.76. The van der Waals surface area contributed by atoms with Crippen LogP contribution in [0, 0.1) is 0 Å². The van der Waals surface area contributed by atoms with Gasteiger partial charge in [-0.15, -0.1) is 11.8 Å². The number of halogens is 1. The molecule has 0 radical (unpaired) electrons. The van der Waals surface area contributed by atoms with Gasteiger partial charge in [0, 0.05) is 11.1 Å². The summed E-state index contributed by atoms with van der Waals surface area (Å²) in [5.74, 6) is 0. The zero-order chi connectivity index (χ0) is 9.84. The van der Waals surface area contributed by atoms with E-state index < -0.39 is 0 Å². The smallest absolute Gasteiger partial charge is 0.0765 e. The molecule has 0 N–H and O–H groups in total. The molecule has 0 aliphatic rings. The zero-order valence-electron chi connectivity index (χ0n) is 7.97. The highest BCUT2D eigenvalue weighted by Gasteiger charge is 2.00. The lowest BCUT2D eigenvalue weighted by Gasteiger charge is -2.02. The van der Waals surface area contributed by atoms with Crippen molar-refractivity contribution in [2.45, 2.75) is 18.7 Å². The minimum Gasteiger partial charge on any atom is -0.254 e. The van der Waals surface area contributed by atoms with Crippen molar-refractivity contribution in [3.63, 3.8) is 0 Å². The molecule has 0 unspecified atom stereocenters. The SMILES string of the molecule is CSc1cc(Cl)cnc1C=C(C)C. The molecule has 1 nitrogen and oxygen atoms in total. The number of allylic oxidation sites excluding steroid dienone is 1. The summed E-state index contributed by atoms with van der Waals surface area (Å²) < 4.78 is 0. The molecule has 0 atom stereocenters. The topological polar surface area (TPSA) is 12.9 Å². The lowest BCUT2D eigenvalue weighted by atomic mass is 10.2. The Morgan fingerprint density at radius 2 is 2.23 bits per heavy atom. The summed E-state index contributed by atoms with van der Waals surface area (Å²) in [7, 11) is 0. The first-order chi connectivity index (χ1) is 6.13. The summed E-state index contributed by atoms with van der Waals surface area (Å²) in [5.41, 5.74) is 2.24. The highest BCUT2D eigenvalue weighted by Crippen LogP contribution is 2.23. The van der Waals surface area contributed by atoms with E-state index >= 15 is 0 Å². The van der Waals surface area contributed by atoms with E-state index in [0.29, 0.717) is 5.02 Å². The van der Waals surface area contributed by atoms with Crippen molar-refractivity contribution in [2.75, 3.05) is 6.26 Å². The number of nitrogens with zero attached hydrogens (tertiary/aromatic N) is 1. The highest BCUT2D eigenvalue weighted by atomic mass is 35.5. The molecule has 0 aliphatic carbocycles. The molecule has 1 rings (SSSR count). The molecule has 0 aliphatic heterocycles. The summed E-state index contributed by atoms with van der Waals surface area (Å²) in [6.07, 6.45) is 5.76. The first-order valence-corrected chi connectivity index (χ1v) is 5.58. The minimum atomic E-state index is 0.690. The number of thioether (sulfide) groups is 1. The third kappa shape index (κ3) is 3.05. The van der Waals surface area contributed by atoms with Crippen molar-refractivity contribution in [1.82, 2.24) is 4.98 Å². The van der Waals surface area contributed by atoms with E-state index in [9.17, 15) is 0 Å². The van der Waals surface area contributed by atoms with Crippen LogP contribution in [0.4, 0.5) is 0 Å². The fraction of sp³-hybridized carbons (Fsp3) is 0.300. The van der Waals surface area contributed by atoms with Gasteiger partial charge >= 0.3 is 0 Å². The Morgan fingerprint density at radius 1 is 1.54 bits per heavy atom. The van der Waals surface area contributed by atoms with E-state index in [-0.39, 0.29) is 0 Å². The molecular weight excluding hydrogens is 202 g/mol. The van der Waals surface area contributed by atoms with Crippen LogP contribution in [0.1, 0.15) is 19.5 Å². The molecule has 0 saturated heterocycles. The third-order valence-electron chi connectivity index (χ3n) is 1.49. The molecule has 0 bridgehead atoms. The first-order valence-electron chi connectivity index (χ1n) is 3.98. The van der Waals surface area contributed by atoms with Gasteiger partial charge in [0.15, 0.2) is 0 Å². The molecule has 0 spiro atoms. The maximum Gasteiger partial charge on any atom is 0.0765 e. The predicted molar refractivity (Wildman–Crippen MR) is 60.4 cm³/mol. The van der Waals surface area contributed by atoms with Gasteiger partial charge in [-0.3, -0.25) is 4.98 Å². The van der Waals surface area contributed by atoms with Gasteiger partial charge in [-0.25, -0.2) is 0 Å². The average molecular weight is 214 g/mol. The molecule has 3 heteroatoms. The number of hydrogen-bond acceptors (Lipinski definition) is 2. The van der Waals surface area contributed by atoms with Gasteiger partial charge in [0.1, 0.15) is 0 Å². The maximum atomic E-state index is 5.84. The summed E-state index contributed by atoms with van der Waals surface area (Å²) in [4.78, 5) is 5.38. The summed E-state index contributed by atoms with van der Waals surface area (Å²) in [6, 6.07) is 1.94. The van der Waals surface area contributed by atoms with Crippen LogP contribution in [0.5, 0.6) is 0 Å². The zero-order valence-corrected chi connectivity index (χ0v) is 9.54. The Hall–Kier alpha value is -0.470. The van der Waals surface area contributed by atoms with Crippen LogP contribution in [0.25, 0.3) is 6.08 Å². The van der Waals surface area contributed by atoms with Crippen molar-refractivity contribution in [3.8, 4) is 0 Å². The molecule has 1 aromatic rings. The molecule has 70 valence electrons. The second-order valence-corrected chi connectivity index (χ2v) is 4.25. The molecular formula is C10H12ClNS. The predicted octanol–water partition coefficient (Wildman–Crippen LogP) is 3.88. The second kappa shape index (κ2) is 4.68. The first kappa shape index (κ1) is 10.6. The second-order valence-electron chi connectivity index (χ2n) is 2.96. The molecule has 0 amide bonds. The third-order valence-corrected chi connectivity index (χ3v) is 2.47. The van der Waals surface area contributed by atoms with Gasteiger partial charge in [-0.05, 0) is 32.2 Å². The van der Waals surface area contributed by atoms with E-state index in [1.165, 1.54) is 5.57 Å². The van der Waals surface area contributed by atoms with E-state index in [0.717, 1.165) is 10.6 Å². The fourth-order valence-electron chi connectivity index (χ4n) is 0.977. The lowest BCUT2D eigenvalue weighted by molar-refractivity contribution is 1.19. The van der Waals surface area contributed by atoms with E-state index in [4.69, 9.17) is 11.6 Å². The van der Waals surface area contributed by atoms with Crippen LogP contribution >= 0.6 is 23.4 Å². The van der Waals surface area contributed by atoms with Crippen molar-refractivity contribution in [2.24, 2.45) is 0 Å². The summed E-state index contributed by atoms with van der Waals surface area (Å²) in [6.45, 7) is 4.11. The van der Waals surface area contributed by atoms with Crippen LogP contribution < -0.4 is 0 Å². The quantitative estimate of drug-likeness (QED) is 0.692. The van der Waals surface area contributed by atoms with Crippen molar-refractivity contribution in [1.29, 1.82) is 0 Å². The van der Waals surface area contributed by atoms with Crippen molar-refractivity contribution >= 4 is 29.4 Å². The Bertz CT molecular complexity index is 330. The number of pyridine rings is 1. The minimum absolute atomic E-state index is 0.690. The molecule has 0 saturated carbocycles. The monoisotopic (exact) mass is 213 g/mol. The van der Waals surface area contributed by atoms with Crippen LogP contribution in [0.3, 0.4) is 0 Å². The Kier molecular flexibility index (Phi) is 3.82. The van der Waals surface area contributed by atoms with E-state index in [1.807, 2.05) is 12.3 Å². The Balaban J connectivity index is 3.14. The average Bonchev–Trinajstić information content (AvgIpc) is 2.07. The van der Waals surface area contributed by atoms with Gasteiger partial charge in [0.05, 0.1) is 10.7 Å². The van der Waals surface area contributed by atoms with Crippen molar-refractivity contribution in [3.05, 3.63) is 28.6 Å². The largest absolute Gasteiger partial charge is 0.254 e. The van der Waals surface area contributed by atoms with Crippen LogP contribution in [-0.4, -0.2) is 11.2 Å². The number of hydrogen-bond donors (Lipinski definition) is 0. The Morgan fingerprint density at radius 3 is 2.77 bits per heavy atom. The van der Waals surface area contributed by atoms with Gasteiger partial charge in [0.2, 0.25) is 0 Å². The number of rotatable bonds is 2. The van der Waals surface area contributed by atoms with Gasteiger partial charge < -0.3 is 0 Å². The standard InChI is InChI=1S/C10H12ClNS/c1-7(2)4-9-10(13-3)5-8(11)6-12-9/h4-6H,1-3H3. The lowest BCUT2D eigenvalue weighted by Crippen LogP contribution is -1.85. The number of aromatic nitrogens is 1. The molecule has 1 aromatic heterocycles. The van der Waals surface area contributed by atoms with Gasteiger partial charge in [-0.1, -0.05) is 17.2 Å². The van der Waals surface area contributed by atoms with Gasteiger partial charge in [0.25, 0.3) is 0 Å². The highest BCUT2D eigenvalue weighted by molar-refractivity contribution is 7.98. The summed E-state index contributed by atoms with van der Waals surface area (Å²) in [5, 5.41) is 0.690. The molecule has 0 fully saturated rings. The Labute approximate surface area is 88.2 Å². The molecule has 1 heterocycles. The van der Waals surface area contributed by atoms with Crippen LogP contribution in [0.2, 0.25) is 5.02 Å². The normalized spacial score (nSPS) is 9.85. The maximum absolute atomic E-state index is 5.84. The van der Waals surface area contributed by atoms with Crippen LogP contribution in [0.15, 0.2) is 22.7 Å². The summed E-state index contributed by atoms with van der Waals surface area (Å²) >= 11 is 7.50. The van der Waals surface area contributed by atoms with E-state index in [1.54, 1.807) is 18.0 Å². The molecule has 0 aromatic carbocycles. The molecule has 13 heavy (non-hydrogen) atoms. The van der Waals surface area contributed by atoms with Crippen molar-refractivity contribution < 1.29 is 0 Å². The van der Waals surface area contributed by atoms with Crippen LogP contribution in [-0.2, 0) is 0 Å². The van der Waals surface area contributed by atoms with E-state index in [2.05, 4.69) is 24.9 Å².